The van der Waals surface area contributed by atoms with Gasteiger partial charge < -0.3 is 9.55 Å². The van der Waals surface area contributed by atoms with Gasteiger partial charge in [0.15, 0.2) is 11.2 Å². The molecule has 4 rings (SSSR count). The molecule has 1 unspecified atom stereocenters. The Morgan fingerprint density at radius 2 is 2.08 bits per heavy atom. The number of imidazole rings is 1. The van der Waals surface area contributed by atoms with E-state index in [1.165, 1.54) is 5.56 Å². The summed E-state index contributed by atoms with van der Waals surface area (Å²) in [7, 11) is 0. The Balaban J connectivity index is 1.51. The summed E-state index contributed by atoms with van der Waals surface area (Å²) in [5.74, 6) is 1.25. The van der Waals surface area contributed by atoms with E-state index in [0.717, 1.165) is 43.6 Å². The Hall–Kier alpha value is -2.43. The topological polar surface area (TPSA) is 63.6 Å². The van der Waals surface area contributed by atoms with Crippen LogP contribution in [0.15, 0.2) is 41.5 Å². The van der Waals surface area contributed by atoms with Crippen LogP contribution in [-0.2, 0) is 6.42 Å². The normalized spacial score (nSPS) is 15.7. The van der Waals surface area contributed by atoms with Crippen molar-refractivity contribution in [3.63, 3.8) is 0 Å². The second-order valence-electron chi connectivity index (χ2n) is 6.78. The van der Waals surface area contributed by atoms with Crippen LogP contribution in [0.4, 0.5) is 0 Å². The predicted octanol–water partition coefficient (Wildman–Crippen LogP) is 3.58. The Morgan fingerprint density at radius 3 is 2.83 bits per heavy atom. The monoisotopic (exact) mass is 322 g/mol. The smallest absolute Gasteiger partial charge is 0.279 e. The predicted molar refractivity (Wildman–Crippen MR) is 94.2 cm³/mol. The summed E-state index contributed by atoms with van der Waals surface area (Å²) in [6.07, 6.45) is 7.21. The van der Waals surface area contributed by atoms with Gasteiger partial charge in [-0.25, -0.2) is 9.97 Å². The van der Waals surface area contributed by atoms with Crippen molar-refractivity contribution in [2.24, 2.45) is 0 Å². The van der Waals surface area contributed by atoms with Crippen LogP contribution in [0.25, 0.3) is 11.2 Å². The number of hydrogen-bond donors (Lipinski definition) is 1. The quantitative estimate of drug-likeness (QED) is 0.754. The van der Waals surface area contributed by atoms with Gasteiger partial charge in [-0.2, -0.15) is 0 Å². The third kappa shape index (κ3) is 2.98. The molecule has 5 heteroatoms. The van der Waals surface area contributed by atoms with E-state index < -0.39 is 0 Å². The maximum absolute atomic E-state index is 12.2. The van der Waals surface area contributed by atoms with Crippen LogP contribution < -0.4 is 5.56 Å². The van der Waals surface area contributed by atoms with Crippen molar-refractivity contribution in [1.29, 1.82) is 0 Å². The van der Waals surface area contributed by atoms with Gasteiger partial charge in [-0.05, 0) is 44.6 Å². The fourth-order valence-corrected chi connectivity index (χ4v) is 3.20. The van der Waals surface area contributed by atoms with Gasteiger partial charge in [0.05, 0.1) is 6.33 Å². The van der Waals surface area contributed by atoms with Crippen molar-refractivity contribution in [2.75, 3.05) is 0 Å². The Kier molecular flexibility index (Phi) is 3.92. The molecular formula is C19H22N4O. The molecule has 1 atom stereocenters. The summed E-state index contributed by atoms with van der Waals surface area (Å²) in [5.41, 5.74) is 2.44. The number of H-pyrrole nitrogens is 1. The highest BCUT2D eigenvalue weighted by atomic mass is 16.1. The lowest BCUT2D eigenvalue weighted by Crippen LogP contribution is -2.13. The highest BCUT2D eigenvalue weighted by Crippen LogP contribution is 2.37. The zero-order valence-corrected chi connectivity index (χ0v) is 13.9. The summed E-state index contributed by atoms with van der Waals surface area (Å²) >= 11 is 0. The summed E-state index contributed by atoms with van der Waals surface area (Å²) in [5, 5.41) is 0. The number of nitrogens with one attached hydrogen (secondary N) is 1. The zero-order valence-electron chi connectivity index (χ0n) is 13.9. The van der Waals surface area contributed by atoms with Crippen molar-refractivity contribution in [3.05, 3.63) is 58.4 Å². The molecule has 0 radical (unpaired) electrons. The number of aromatic nitrogens is 4. The fraction of sp³-hybridized carbons (Fsp3) is 0.421. The molecule has 2 heterocycles. The van der Waals surface area contributed by atoms with Gasteiger partial charge in [-0.3, -0.25) is 4.79 Å². The summed E-state index contributed by atoms with van der Waals surface area (Å²) in [6, 6.07) is 10.8. The molecule has 1 N–H and O–H groups in total. The van der Waals surface area contributed by atoms with Gasteiger partial charge in [-0.1, -0.05) is 30.3 Å². The van der Waals surface area contributed by atoms with E-state index >= 15 is 0 Å². The molecule has 1 fully saturated rings. The first-order valence-corrected chi connectivity index (χ1v) is 8.73. The first-order chi connectivity index (χ1) is 11.7. The summed E-state index contributed by atoms with van der Waals surface area (Å²) in [4.78, 5) is 24.1. The first-order valence-electron chi connectivity index (χ1n) is 8.73. The molecule has 24 heavy (non-hydrogen) atoms. The SMILES string of the molecule is CC(CCCc1ccccc1)n1cnc2c(=O)[nH]c(C3CC3)nc21. The van der Waals surface area contributed by atoms with Crippen LogP contribution in [0, 0.1) is 0 Å². The van der Waals surface area contributed by atoms with E-state index in [4.69, 9.17) is 4.98 Å². The van der Waals surface area contributed by atoms with E-state index in [1.807, 2.05) is 6.07 Å². The highest BCUT2D eigenvalue weighted by Gasteiger charge is 2.27. The van der Waals surface area contributed by atoms with Gasteiger partial charge in [0.1, 0.15) is 5.82 Å². The second kappa shape index (κ2) is 6.23. The maximum Gasteiger partial charge on any atom is 0.279 e. The highest BCUT2D eigenvalue weighted by molar-refractivity contribution is 5.69. The van der Waals surface area contributed by atoms with Crippen LogP contribution in [0.2, 0.25) is 0 Å². The molecule has 0 saturated heterocycles. The van der Waals surface area contributed by atoms with Crippen molar-refractivity contribution in [3.8, 4) is 0 Å². The fourth-order valence-electron chi connectivity index (χ4n) is 3.20. The Labute approximate surface area is 140 Å². The lowest BCUT2D eigenvalue weighted by Gasteiger charge is -2.14. The van der Waals surface area contributed by atoms with Gasteiger partial charge >= 0.3 is 0 Å². The average molecular weight is 322 g/mol. The van der Waals surface area contributed by atoms with Crippen molar-refractivity contribution >= 4 is 11.2 Å². The molecule has 1 aliphatic carbocycles. The van der Waals surface area contributed by atoms with E-state index in [2.05, 4.69) is 45.7 Å². The molecule has 1 aliphatic rings. The van der Waals surface area contributed by atoms with Gasteiger partial charge in [-0.15, -0.1) is 0 Å². The van der Waals surface area contributed by atoms with Crippen LogP contribution >= 0.6 is 0 Å². The Bertz CT molecular complexity index is 893. The van der Waals surface area contributed by atoms with Crippen LogP contribution in [0.3, 0.4) is 0 Å². The summed E-state index contributed by atoms with van der Waals surface area (Å²) in [6.45, 7) is 2.17. The van der Waals surface area contributed by atoms with E-state index in [1.54, 1.807) is 6.33 Å². The van der Waals surface area contributed by atoms with Crippen molar-refractivity contribution in [2.45, 2.75) is 51.0 Å². The third-order valence-corrected chi connectivity index (χ3v) is 4.82. The number of nitrogens with zero attached hydrogens (tertiary/aromatic N) is 3. The molecule has 0 bridgehead atoms. The number of aromatic amines is 1. The van der Waals surface area contributed by atoms with Crippen molar-refractivity contribution < 1.29 is 0 Å². The van der Waals surface area contributed by atoms with Gasteiger partial charge in [0, 0.05) is 12.0 Å². The zero-order chi connectivity index (χ0) is 16.5. The molecule has 0 aliphatic heterocycles. The molecule has 124 valence electrons. The minimum Gasteiger partial charge on any atom is -0.312 e. The first kappa shape index (κ1) is 15.1. The number of fused-ring (bicyclic) bond motifs is 1. The van der Waals surface area contributed by atoms with Crippen LogP contribution in [0.1, 0.15) is 56.0 Å². The molecular weight excluding hydrogens is 300 g/mol. The molecule has 2 aromatic heterocycles. The lowest BCUT2D eigenvalue weighted by atomic mass is 10.1. The average Bonchev–Trinajstić information content (AvgIpc) is 3.35. The maximum atomic E-state index is 12.2. The number of hydrogen-bond acceptors (Lipinski definition) is 3. The van der Waals surface area contributed by atoms with Gasteiger partial charge in [0.2, 0.25) is 0 Å². The van der Waals surface area contributed by atoms with Crippen LogP contribution in [0.5, 0.6) is 0 Å². The van der Waals surface area contributed by atoms with Crippen LogP contribution in [-0.4, -0.2) is 19.5 Å². The Morgan fingerprint density at radius 1 is 1.29 bits per heavy atom. The molecule has 1 aromatic carbocycles. The lowest BCUT2D eigenvalue weighted by molar-refractivity contribution is 0.496. The third-order valence-electron chi connectivity index (χ3n) is 4.82. The minimum absolute atomic E-state index is 0.114. The molecule has 0 amide bonds. The largest absolute Gasteiger partial charge is 0.312 e. The van der Waals surface area contributed by atoms with E-state index in [0.29, 0.717) is 11.4 Å². The number of aryl methyl sites for hydroxylation is 1. The van der Waals surface area contributed by atoms with Crippen molar-refractivity contribution in [1.82, 2.24) is 19.5 Å². The molecule has 0 spiro atoms. The number of rotatable bonds is 6. The molecule has 3 aromatic rings. The minimum atomic E-state index is -0.114. The number of benzene rings is 1. The molecule has 1 saturated carbocycles. The van der Waals surface area contributed by atoms with E-state index in [-0.39, 0.29) is 11.6 Å². The molecule has 5 nitrogen and oxygen atoms in total. The second-order valence-corrected chi connectivity index (χ2v) is 6.78. The van der Waals surface area contributed by atoms with Gasteiger partial charge in [0.25, 0.3) is 5.56 Å². The van der Waals surface area contributed by atoms with E-state index in [9.17, 15) is 4.79 Å². The standard InChI is InChI=1S/C19H22N4O/c1-13(6-5-9-14-7-3-2-4-8-14)23-12-20-16-18(23)21-17(15-10-11-15)22-19(16)24/h2-4,7-8,12-13,15H,5-6,9-11H2,1H3,(H,21,22,24). The summed E-state index contributed by atoms with van der Waals surface area (Å²) < 4.78 is 2.06.